The van der Waals surface area contributed by atoms with Crippen molar-refractivity contribution in [2.45, 2.75) is 69.9 Å². The summed E-state index contributed by atoms with van der Waals surface area (Å²) in [5, 5.41) is 13.6. The number of imidazole rings is 2. The molecule has 5 N–H and O–H groups in total. The largest absolute Gasteiger partial charge is 0.465 e. The number of methoxy groups -OCH3 is 1. The zero-order valence-electron chi connectivity index (χ0n) is 28.9. The number of ether oxygens (including phenoxy) is 1. The topological polar surface area (TPSA) is 211 Å². The first-order valence-electron chi connectivity index (χ1n) is 16.8. The Kier molecular flexibility index (Phi) is 10.4. The number of amides is 4. The molecule has 3 unspecified atom stereocenters. The van der Waals surface area contributed by atoms with E-state index in [9.17, 15) is 32.3 Å². The number of carbonyl (C=O) groups excluding carboxylic acids is 3. The Morgan fingerprint density at radius 3 is 1.96 bits per heavy atom. The molecule has 16 nitrogen and oxygen atoms in total. The molecule has 2 fully saturated rings. The van der Waals surface area contributed by atoms with E-state index in [1.807, 2.05) is 0 Å². The van der Waals surface area contributed by atoms with Crippen molar-refractivity contribution in [3.8, 4) is 33.9 Å². The van der Waals surface area contributed by atoms with Gasteiger partial charge in [0, 0.05) is 42.2 Å². The van der Waals surface area contributed by atoms with Crippen LogP contribution in [0.2, 0.25) is 0 Å². The molecule has 4 atom stereocenters. The molecule has 0 bridgehead atoms. The normalized spacial score (nSPS) is 18.5. The highest BCUT2D eigenvalue weighted by Crippen LogP contribution is 2.40. The highest BCUT2D eigenvalue weighted by atomic mass is 19.4. The summed E-state index contributed by atoms with van der Waals surface area (Å²) in [6.45, 7) is 3.72. The van der Waals surface area contributed by atoms with E-state index >= 15 is 0 Å². The van der Waals surface area contributed by atoms with Gasteiger partial charge >= 0.3 is 18.4 Å². The maximum atomic E-state index is 14.2. The summed E-state index contributed by atoms with van der Waals surface area (Å²) >= 11 is 0. The summed E-state index contributed by atoms with van der Waals surface area (Å²) in [6, 6.07) is 3.22. The molecule has 5 heterocycles. The Bertz CT molecular complexity index is 1980. The summed E-state index contributed by atoms with van der Waals surface area (Å²) < 4.78 is 47.3. The Balaban J connectivity index is 1.17. The SMILES string of the molecule is COC(=O)NC(C)C(=O)N1CCC[C@H]1c1nc(C(F)(F)F)c(-c2ccc(-c3ncc(-c4cnc(C5CCCN5C(=O)C(C)NC(=O)O)[nH]4)cn3)cc2)[nH]1. The first kappa shape index (κ1) is 36.8. The third-order valence-electron chi connectivity index (χ3n) is 9.28. The summed E-state index contributed by atoms with van der Waals surface area (Å²) in [6.07, 6.45) is 0.189. The van der Waals surface area contributed by atoms with Gasteiger partial charge in [0.2, 0.25) is 11.8 Å². The van der Waals surface area contributed by atoms with Crippen LogP contribution < -0.4 is 10.6 Å². The number of aromatic nitrogens is 6. The van der Waals surface area contributed by atoms with E-state index in [0.717, 1.165) is 13.5 Å². The average Bonchev–Trinajstić information content (AvgIpc) is 3.96. The van der Waals surface area contributed by atoms with Gasteiger partial charge < -0.3 is 40.2 Å². The van der Waals surface area contributed by atoms with Crippen molar-refractivity contribution in [1.82, 2.24) is 50.3 Å². The molecule has 0 radical (unpaired) electrons. The van der Waals surface area contributed by atoms with E-state index < -0.39 is 48.1 Å². The second kappa shape index (κ2) is 14.9. The monoisotopic (exact) mass is 738 g/mol. The number of hydrogen-bond donors (Lipinski definition) is 5. The molecule has 3 aromatic heterocycles. The van der Waals surface area contributed by atoms with E-state index in [0.29, 0.717) is 54.3 Å². The number of H-pyrrole nitrogens is 2. The lowest BCUT2D eigenvalue weighted by molar-refractivity contribution is -0.140. The van der Waals surface area contributed by atoms with Gasteiger partial charge in [0.25, 0.3) is 0 Å². The van der Waals surface area contributed by atoms with Crippen molar-refractivity contribution in [1.29, 1.82) is 0 Å². The van der Waals surface area contributed by atoms with Crippen LogP contribution >= 0.6 is 0 Å². The number of nitrogens with zero attached hydrogens (tertiary/aromatic N) is 6. The van der Waals surface area contributed by atoms with Crippen LogP contribution in [-0.4, -0.2) is 101 Å². The zero-order chi connectivity index (χ0) is 38.0. The lowest BCUT2D eigenvalue weighted by atomic mass is 10.1. The van der Waals surface area contributed by atoms with Gasteiger partial charge in [-0.25, -0.2) is 29.5 Å². The third-order valence-corrected chi connectivity index (χ3v) is 9.28. The molecule has 0 saturated carbocycles. The number of halogens is 3. The van der Waals surface area contributed by atoms with E-state index in [1.54, 1.807) is 35.6 Å². The number of nitrogens with one attached hydrogen (secondary N) is 4. The fraction of sp³-hybridized carbons (Fsp3) is 0.412. The molecule has 4 amide bonds. The molecule has 2 aliphatic heterocycles. The van der Waals surface area contributed by atoms with E-state index in [1.165, 1.54) is 30.9 Å². The van der Waals surface area contributed by atoms with Crippen LogP contribution in [-0.2, 0) is 20.5 Å². The number of hydrogen-bond acceptors (Lipinski definition) is 9. The first-order valence-corrected chi connectivity index (χ1v) is 16.8. The minimum Gasteiger partial charge on any atom is -0.465 e. The molecule has 1 aromatic carbocycles. The number of rotatable bonds is 9. The smallest absolute Gasteiger partial charge is 0.435 e. The molecule has 0 spiro atoms. The molecular weight excluding hydrogens is 701 g/mol. The van der Waals surface area contributed by atoms with Gasteiger partial charge in [-0.1, -0.05) is 24.3 Å². The predicted molar refractivity (Wildman–Crippen MR) is 181 cm³/mol. The fourth-order valence-electron chi connectivity index (χ4n) is 6.69. The summed E-state index contributed by atoms with van der Waals surface area (Å²) in [4.78, 5) is 74.9. The van der Waals surface area contributed by atoms with Crippen LogP contribution in [0, 0.1) is 0 Å². The molecule has 19 heteroatoms. The van der Waals surface area contributed by atoms with E-state index in [2.05, 4.69) is 45.3 Å². The van der Waals surface area contributed by atoms with Crippen molar-refractivity contribution < 1.29 is 42.2 Å². The second-order valence-corrected chi connectivity index (χ2v) is 12.8. The summed E-state index contributed by atoms with van der Waals surface area (Å²) in [7, 11) is 1.16. The molecule has 0 aliphatic carbocycles. The lowest BCUT2D eigenvalue weighted by Crippen LogP contribution is -2.46. The number of carboxylic acid groups (broad SMARTS) is 1. The first-order chi connectivity index (χ1) is 25.2. The van der Waals surface area contributed by atoms with Crippen molar-refractivity contribution in [3.05, 3.63) is 60.2 Å². The van der Waals surface area contributed by atoms with Crippen LogP contribution in [0.15, 0.2) is 42.9 Å². The molecule has 2 aliphatic rings. The van der Waals surface area contributed by atoms with Gasteiger partial charge in [0.15, 0.2) is 11.5 Å². The number of likely N-dealkylation sites (tertiary alicyclic amines) is 2. The van der Waals surface area contributed by atoms with Crippen molar-refractivity contribution in [2.75, 3.05) is 20.2 Å². The standard InChI is InChI=1S/C34H37F3N10O6/c1-17(41-32(50)51)30(48)46-12-4-6-23(46)28-40-16-22(43-28)21-14-38-27(39-15-21)20-10-8-19(9-11-20)25-26(34(35,36)37)45-29(44-25)24-7-5-13-47(24)31(49)18(2)42-33(52)53-3/h8-11,14-18,23-24,41H,4-7,12-13H2,1-3H3,(H,40,43)(H,42,52)(H,44,45)(H,50,51)/t17?,18?,23?,24-/m0/s1. The number of benzene rings is 1. The van der Waals surface area contributed by atoms with E-state index in [-0.39, 0.29) is 35.6 Å². The Morgan fingerprint density at radius 1 is 0.830 bits per heavy atom. The van der Waals surface area contributed by atoms with Gasteiger partial charge in [-0.3, -0.25) is 9.59 Å². The van der Waals surface area contributed by atoms with Crippen molar-refractivity contribution >= 4 is 24.0 Å². The minimum atomic E-state index is -4.79. The van der Waals surface area contributed by atoms with E-state index in [4.69, 9.17) is 5.11 Å². The minimum absolute atomic E-state index is 0.00889. The molecule has 4 aromatic rings. The van der Waals surface area contributed by atoms with Crippen LogP contribution in [0.5, 0.6) is 0 Å². The summed E-state index contributed by atoms with van der Waals surface area (Å²) in [5.74, 6) is 0.0457. The Morgan fingerprint density at radius 2 is 1.40 bits per heavy atom. The number of alkyl carbamates (subject to hydrolysis) is 1. The van der Waals surface area contributed by atoms with Gasteiger partial charge in [0.05, 0.1) is 36.8 Å². The fourth-order valence-corrected chi connectivity index (χ4v) is 6.69. The summed E-state index contributed by atoms with van der Waals surface area (Å²) in [5.41, 5.74) is 0.602. The van der Waals surface area contributed by atoms with Crippen LogP contribution in [0.1, 0.15) is 69.0 Å². The van der Waals surface area contributed by atoms with Crippen molar-refractivity contribution in [3.63, 3.8) is 0 Å². The van der Waals surface area contributed by atoms with Crippen LogP contribution in [0.25, 0.3) is 33.9 Å². The Hall–Kier alpha value is -6.01. The maximum Gasteiger partial charge on any atom is 0.435 e. The highest BCUT2D eigenvalue weighted by Gasteiger charge is 2.41. The Labute approximate surface area is 300 Å². The molecule has 280 valence electrons. The third kappa shape index (κ3) is 7.77. The van der Waals surface area contributed by atoms with Gasteiger partial charge in [-0.15, -0.1) is 0 Å². The van der Waals surface area contributed by atoms with Crippen LogP contribution in [0.4, 0.5) is 22.8 Å². The lowest BCUT2D eigenvalue weighted by Gasteiger charge is -2.26. The van der Waals surface area contributed by atoms with Gasteiger partial charge in [-0.05, 0) is 39.5 Å². The predicted octanol–water partition coefficient (Wildman–Crippen LogP) is 4.67. The molecule has 6 rings (SSSR count). The zero-order valence-corrected chi connectivity index (χ0v) is 28.9. The van der Waals surface area contributed by atoms with Gasteiger partial charge in [0.1, 0.15) is 23.7 Å². The number of carbonyl (C=O) groups is 4. The number of aromatic amines is 2. The second-order valence-electron chi connectivity index (χ2n) is 12.8. The average molecular weight is 739 g/mol. The maximum absolute atomic E-state index is 14.2. The molecule has 53 heavy (non-hydrogen) atoms. The number of alkyl halides is 3. The highest BCUT2D eigenvalue weighted by molar-refractivity contribution is 5.86. The molecular formula is C34H37F3N10O6. The quantitative estimate of drug-likeness (QED) is 0.160. The molecule has 2 saturated heterocycles. The van der Waals surface area contributed by atoms with Crippen LogP contribution in [0.3, 0.4) is 0 Å². The van der Waals surface area contributed by atoms with Crippen molar-refractivity contribution in [2.24, 2.45) is 0 Å². The van der Waals surface area contributed by atoms with Gasteiger partial charge in [-0.2, -0.15) is 13.2 Å².